The molecule has 5 nitrogen and oxygen atoms in total. The van der Waals surface area contributed by atoms with Crippen molar-refractivity contribution in [3.8, 4) is 0 Å². The van der Waals surface area contributed by atoms with Crippen molar-refractivity contribution >= 4 is 29.7 Å². The van der Waals surface area contributed by atoms with E-state index >= 15 is 0 Å². The van der Waals surface area contributed by atoms with Crippen molar-refractivity contribution in [2.45, 2.75) is 31.5 Å². The van der Waals surface area contributed by atoms with Crippen LogP contribution in [0.25, 0.3) is 0 Å². The molecule has 1 amide bonds. The molecule has 2 heterocycles. The Morgan fingerprint density at radius 2 is 2.13 bits per heavy atom. The molecule has 0 aliphatic carbocycles. The third kappa shape index (κ3) is 5.91. The maximum absolute atomic E-state index is 12.4. The van der Waals surface area contributed by atoms with Gasteiger partial charge in [0.25, 0.3) is 0 Å². The first kappa shape index (κ1) is 20.1. The van der Waals surface area contributed by atoms with Gasteiger partial charge >= 0.3 is 6.18 Å². The number of carbonyl (C=O) groups excluding carboxylic acids is 1. The summed E-state index contributed by atoms with van der Waals surface area (Å²) in [7, 11) is 0. The fourth-order valence-corrected chi connectivity index (χ4v) is 3.06. The zero-order valence-corrected chi connectivity index (χ0v) is 13.9. The molecule has 23 heavy (non-hydrogen) atoms. The lowest BCUT2D eigenvalue weighted by Gasteiger charge is -2.26. The first-order chi connectivity index (χ1) is 10.4. The molecule has 132 valence electrons. The van der Waals surface area contributed by atoms with E-state index in [2.05, 4.69) is 10.3 Å². The molecule has 1 aliphatic rings. The van der Waals surface area contributed by atoms with Gasteiger partial charge in [0.05, 0.1) is 11.0 Å². The van der Waals surface area contributed by atoms with Crippen LogP contribution in [-0.4, -0.2) is 36.7 Å². The standard InChI is InChI=1S/C13H18F3N3O2S.ClH/c14-13(15,16)9-7-22-10(19-9)1-4-18-12(20)11(17)8-2-5-21-6-3-8;/h7-8,11H,1-6,17H2,(H,18,20);1H. The largest absolute Gasteiger partial charge is 0.434 e. The molecule has 1 aromatic heterocycles. The van der Waals surface area contributed by atoms with Gasteiger partial charge in [0, 0.05) is 31.6 Å². The highest BCUT2D eigenvalue weighted by molar-refractivity contribution is 7.09. The summed E-state index contributed by atoms with van der Waals surface area (Å²) in [6, 6.07) is -0.606. The predicted molar refractivity (Wildman–Crippen MR) is 82.6 cm³/mol. The third-order valence-corrected chi connectivity index (χ3v) is 4.47. The van der Waals surface area contributed by atoms with Crippen LogP contribution in [0, 0.1) is 5.92 Å². The summed E-state index contributed by atoms with van der Waals surface area (Å²) in [6.07, 6.45) is -2.68. The smallest absolute Gasteiger partial charge is 0.381 e. The van der Waals surface area contributed by atoms with Crippen LogP contribution in [-0.2, 0) is 22.1 Å². The van der Waals surface area contributed by atoms with Crippen LogP contribution in [0.3, 0.4) is 0 Å². The minimum Gasteiger partial charge on any atom is -0.381 e. The number of hydrogen-bond donors (Lipinski definition) is 2. The number of thiazole rings is 1. The molecule has 0 saturated carbocycles. The highest BCUT2D eigenvalue weighted by Crippen LogP contribution is 2.30. The van der Waals surface area contributed by atoms with Crippen molar-refractivity contribution in [2.75, 3.05) is 19.8 Å². The Morgan fingerprint density at radius 1 is 1.48 bits per heavy atom. The van der Waals surface area contributed by atoms with Crippen molar-refractivity contribution in [2.24, 2.45) is 11.7 Å². The van der Waals surface area contributed by atoms with Crippen molar-refractivity contribution in [3.05, 3.63) is 16.1 Å². The van der Waals surface area contributed by atoms with Crippen LogP contribution < -0.4 is 11.1 Å². The quantitative estimate of drug-likeness (QED) is 0.827. The number of amides is 1. The second kappa shape index (κ2) is 8.81. The molecular weight excluding hydrogens is 355 g/mol. The molecule has 1 unspecified atom stereocenters. The maximum Gasteiger partial charge on any atom is 0.434 e. The Kier molecular flexibility index (Phi) is 7.72. The number of hydrogen-bond acceptors (Lipinski definition) is 5. The summed E-state index contributed by atoms with van der Waals surface area (Å²) in [5.41, 5.74) is 5.01. The van der Waals surface area contributed by atoms with E-state index in [0.29, 0.717) is 18.2 Å². The monoisotopic (exact) mass is 373 g/mol. The molecule has 1 saturated heterocycles. The SMILES string of the molecule is Cl.NC(C(=O)NCCc1nc(C(F)(F)F)cs1)C1CCOCC1. The molecule has 0 spiro atoms. The van der Waals surface area contributed by atoms with Crippen LogP contribution in [0.1, 0.15) is 23.5 Å². The number of halogens is 4. The van der Waals surface area contributed by atoms with Crippen molar-refractivity contribution in [1.82, 2.24) is 10.3 Å². The van der Waals surface area contributed by atoms with Crippen LogP contribution in [0.15, 0.2) is 5.38 Å². The molecule has 0 aromatic carbocycles. The Labute approximate surface area is 142 Å². The lowest BCUT2D eigenvalue weighted by atomic mass is 9.92. The van der Waals surface area contributed by atoms with Gasteiger partial charge in [0.1, 0.15) is 0 Å². The lowest BCUT2D eigenvalue weighted by Crippen LogP contribution is -2.47. The summed E-state index contributed by atoms with van der Waals surface area (Å²) in [4.78, 5) is 15.4. The van der Waals surface area contributed by atoms with E-state index in [1.807, 2.05) is 0 Å². The average molecular weight is 374 g/mol. The molecule has 1 fully saturated rings. The molecule has 1 aliphatic heterocycles. The van der Waals surface area contributed by atoms with E-state index in [-0.39, 0.29) is 37.2 Å². The highest BCUT2D eigenvalue weighted by atomic mass is 35.5. The highest BCUT2D eigenvalue weighted by Gasteiger charge is 2.33. The Hall–Kier alpha value is -0.900. The number of carbonyl (C=O) groups is 1. The van der Waals surface area contributed by atoms with Crippen LogP contribution in [0.4, 0.5) is 13.2 Å². The molecule has 2 rings (SSSR count). The normalized spacial score (nSPS) is 17.4. The topological polar surface area (TPSA) is 77.2 Å². The van der Waals surface area contributed by atoms with E-state index in [1.54, 1.807) is 0 Å². The summed E-state index contributed by atoms with van der Waals surface area (Å²) in [5, 5.41) is 3.97. The fraction of sp³-hybridized carbons (Fsp3) is 0.692. The molecule has 1 aromatic rings. The average Bonchev–Trinajstić information content (AvgIpc) is 2.96. The molecule has 0 bridgehead atoms. The van der Waals surface area contributed by atoms with E-state index in [1.165, 1.54) is 0 Å². The minimum atomic E-state index is -4.43. The number of alkyl halides is 3. The fourth-order valence-electron chi connectivity index (χ4n) is 2.26. The van der Waals surface area contributed by atoms with Gasteiger partial charge in [-0.15, -0.1) is 23.7 Å². The Bertz CT molecular complexity index is 507. The number of nitrogens with one attached hydrogen (secondary N) is 1. The van der Waals surface area contributed by atoms with Crippen LogP contribution in [0.5, 0.6) is 0 Å². The Morgan fingerprint density at radius 3 is 2.70 bits per heavy atom. The minimum absolute atomic E-state index is 0. The summed E-state index contributed by atoms with van der Waals surface area (Å²) >= 11 is 0.934. The lowest BCUT2D eigenvalue weighted by molar-refractivity contribution is -0.140. The molecule has 0 radical (unpaired) electrons. The second-order valence-corrected chi connectivity index (χ2v) is 6.08. The molecule has 10 heteroatoms. The second-order valence-electron chi connectivity index (χ2n) is 5.14. The van der Waals surface area contributed by atoms with Gasteiger partial charge in [-0.05, 0) is 18.8 Å². The van der Waals surface area contributed by atoms with Gasteiger partial charge in [0.2, 0.25) is 5.91 Å². The third-order valence-electron chi connectivity index (χ3n) is 3.56. The van der Waals surface area contributed by atoms with Crippen LogP contribution in [0.2, 0.25) is 0 Å². The van der Waals surface area contributed by atoms with Crippen LogP contribution >= 0.6 is 23.7 Å². The zero-order valence-electron chi connectivity index (χ0n) is 12.3. The number of nitrogens with two attached hydrogens (primary N) is 1. The first-order valence-corrected chi connectivity index (χ1v) is 7.88. The van der Waals surface area contributed by atoms with Gasteiger partial charge in [0.15, 0.2) is 5.69 Å². The predicted octanol–water partition coefficient (Wildman–Crippen LogP) is 2.00. The summed E-state index contributed by atoms with van der Waals surface area (Å²) < 4.78 is 42.4. The number of ether oxygens (including phenoxy) is 1. The number of aromatic nitrogens is 1. The van der Waals surface area contributed by atoms with E-state index in [9.17, 15) is 18.0 Å². The van der Waals surface area contributed by atoms with Gasteiger partial charge in [-0.1, -0.05) is 0 Å². The summed E-state index contributed by atoms with van der Waals surface area (Å²) in [5.74, 6) is -0.190. The number of rotatable bonds is 5. The molecule has 3 N–H and O–H groups in total. The van der Waals surface area contributed by atoms with Crippen molar-refractivity contribution in [3.63, 3.8) is 0 Å². The van der Waals surface area contributed by atoms with E-state index < -0.39 is 17.9 Å². The maximum atomic E-state index is 12.4. The Balaban J connectivity index is 0.00000264. The molecular formula is C13H19ClF3N3O2S. The van der Waals surface area contributed by atoms with Gasteiger partial charge < -0.3 is 15.8 Å². The van der Waals surface area contributed by atoms with Crippen molar-refractivity contribution < 1.29 is 22.7 Å². The number of nitrogens with zero attached hydrogens (tertiary/aromatic N) is 1. The van der Waals surface area contributed by atoms with E-state index in [4.69, 9.17) is 10.5 Å². The first-order valence-electron chi connectivity index (χ1n) is 7.00. The van der Waals surface area contributed by atoms with Gasteiger partial charge in [-0.3, -0.25) is 4.79 Å². The zero-order chi connectivity index (χ0) is 16.2. The van der Waals surface area contributed by atoms with E-state index in [0.717, 1.165) is 29.6 Å². The van der Waals surface area contributed by atoms with Gasteiger partial charge in [-0.2, -0.15) is 13.2 Å². The molecule has 1 atom stereocenters. The summed E-state index contributed by atoms with van der Waals surface area (Å²) in [6.45, 7) is 1.43. The van der Waals surface area contributed by atoms with Crippen molar-refractivity contribution in [1.29, 1.82) is 0 Å². The van der Waals surface area contributed by atoms with Gasteiger partial charge in [-0.25, -0.2) is 4.98 Å².